The monoisotopic (exact) mass is 445 g/mol. The van der Waals surface area contributed by atoms with Gasteiger partial charge in [0, 0.05) is 5.56 Å². The summed E-state index contributed by atoms with van der Waals surface area (Å²) < 4.78 is 10.4. The summed E-state index contributed by atoms with van der Waals surface area (Å²) in [6.45, 7) is 1.68. The molecule has 3 aromatic rings. The molecule has 0 saturated heterocycles. The number of nitrogens with one attached hydrogen (secondary N) is 2. The van der Waals surface area contributed by atoms with E-state index in [2.05, 4.69) is 15.8 Å². The normalized spacial score (nSPS) is 10.5. The summed E-state index contributed by atoms with van der Waals surface area (Å²) in [5, 5.41) is 6.41. The first-order valence-corrected chi connectivity index (χ1v) is 10.1. The number of nitrogens with zero attached hydrogens (tertiary/aromatic N) is 1. The third-order valence-corrected chi connectivity index (χ3v) is 4.51. The van der Waals surface area contributed by atoms with Crippen molar-refractivity contribution in [3.63, 3.8) is 0 Å². The fourth-order valence-electron chi connectivity index (χ4n) is 2.78. The van der Waals surface area contributed by atoms with Gasteiger partial charge in [0.2, 0.25) is 0 Å². The van der Waals surface area contributed by atoms with E-state index in [-0.39, 0.29) is 12.5 Å². The Morgan fingerprint density at radius 2 is 1.61 bits per heavy atom. The van der Waals surface area contributed by atoms with E-state index in [4.69, 9.17) is 9.47 Å². The molecule has 8 heteroatoms. The van der Waals surface area contributed by atoms with Crippen LogP contribution >= 0.6 is 0 Å². The maximum absolute atomic E-state index is 12.2. The summed E-state index contributed by atoms with van der Waals surface area (Å²) in [5.41, 5.74) is 4.87. The molecule has 0 unspecified atom stereocenters. The van der Waals surface area contributed by atoms with E-state index in [0.717, 1.165) is 5.56 Å². The van der Waals surface area contributed by atoms with Crippen LogP contribution in [0, 0.1) is 6.92 Å². The van der Waals surface area contributed by atoms with Gasteiger partial charge in [0.15, 0.2) is 0 Å². The van der Waals surface area contributed by atoms with E-state index in [9.17, 15) is 14.4 Å². The van der Waals surface area contributed by atoms with Crippen LogP contribution in [0.15, 0.2) is 77.9 Å². The number of hydrazone groups is 1. The Bertz CT molecular complexity index is 1160. The third kappa shape index (κ3) is 7.03. The summed E-state index contributed by atoms with van der Waals surface area (Å²) >= 11 is 0. The number of carbonyl (C=O) groups excluding carboxylic acids is 3. The molecule has 0 saturated carbocycles. The van der Waals surface area contributed by atoms with Gasteiger partial charge in [0.25, 0.3) is 11.8 Å². The highest BCUT2D eigenvalue weighted by molar-refractivity contribution is 5.96. The molecule has 0 aliphatic heterocycles. The second-order valence-electron chi connectivity index (χ2n) is 7.03. The van der Waals surface area contributed by atoms with Gasteiger partial charge in [-0.3, -0.25) is 9.59 Å². The van der Waals surface area contributed by atoms with Crippen molar-refractivity contribution >= 4 is 24.0 Å². The van der Waals surface area contributed by atoms with E-state index in [1.807, 2.05) is 13.0 Å². The van der Waals surface area contributed by atoms with Crippen LogP contribution in [-0.4, -0.2) is 37.7 Å². The lowest BCUT2D eigenvalue weighted by Crippen LogP contribution is -2.34. The van der Waals surface area contributed by atoms with Gasteiger partial charge in [-0.25, -0.2) is 10.2 Å². The predicted octanol–water partition coefficient (Wildman–Crippen LogP) is 3.10. The summed E-state index contributed by atoms with van der Waals surface area (Å²) in [7, 11) is 1.55. The minimum Gasteiger partial charge on any atom is -0.497 e. The van der Waals surface area contributed by atoms with E-state index in [1.54, 1.807) is 73.8 Å². The number of aryl methyl sites for hydroxylation is 1. The minimum absolute atomic E-state index is 0.204. The van der Waals surface area contributed by atoms with Gasteiger partial charge in [0.1, 0.15) is 11.5 Å². The quantitative estimate of drug-likeness (QED) is 0.240. The molecule has 3 rings (SSSR count). The average Bonchev–Trinajstić information content (AvgIpc) is 2.83. The lowest BCUT2D eigenvalue weighted by atomic mass is 10.1. The third-order valence-electron chi connectivity index (χ3n) is 4.51. The molecule has 33 heavy (non-hydrogen) atoms. The van der Waals surface area contributed by atoms with Crippen molar-refractivity contribution in [2.75, 3.05) is 13.7 Å². The minimum atomic E-state index is -0.487. The molecule has 3 aromatic carbocycles. The molecule has 0 radical (unpaired) electrons. The Morgan fingerprint density at radius 3 is 2.27 bits per heavy atom. The van der Waals surface area contributed by atoms with Crippen molar-refractivity contribution in [2.24, 2.45) is 5.10 Å². The largest absolute Gasteiger partial charge is 0.497 e. The van der Waals surface area contributed by atoms with E-state index >= 15 is 0 Å². The molecule has 2 amide bonds. The highest BCUT2D eigenvalue weighted by atomic mass is 16.5. The Morgan fingerprint density at radius 1 is 0.909 bits per heavy atom. The zero-order chi connectivity index (χ0) is 23.6. The Kier molecular flexibility index (Phi) is 7.91. The maximum atomic E-state index is 12.2. The number of ether oxygens (including phenoxy) is 2. The molecule has 0 aliphatic rings. The van der Waals surface area contributed by atoms with Gasteiger partial charge in [-0.05, 0) is 73.2 Å². The summed E-state index contributed by atoms with van der Waals surface area (Å²) in [4.78, 5) is 36.1. The Balaban J connectivity index is 1.45. The number of amides is 2. The Hall–Kier alpha value is -4.46. The van der Waals surface area contributed by atoms with E-state index in [1.165, 1.54) is 6.21 Å². The van der Waals surface area contributed by atoms with Crippen molar-refractivity contribution in [2.45, 2.75) is 6.92 Å². The van der Waals surface area contributed by atoms with Crippen molar-refractivity contribution in [1.29, 1.82) is 0 Å². The lowest BCUT2D eigenvalue weighted by molar-refractivity contribution is -0.120. The highest BCUT2D eigenvalue weighted by Gasteiger charge is 2.09. The Labute approximate surface area is 191 Å². The topological polar surface area (TPSA) is 106 Å². The first-order valence-electron chi connectivity index (χ1n) is 10.1. The molecule has 0 fully saturated rings. The predicted molar refractivity (Wildman–Crippen MR) is 124 cm³/mol. The molecular weight excluding hydrogens is 422 g/mol. The zero-order valence-corrected chi connectivity index (χ0v) is 18.2. The number of hydrogen-bond acceptors (Lipinski definition) is 6. The van der Waals surface area contributed by atoms with Crippen molar-refractivity contribution in [3.8, 4) is 11.5 Å². The molecule has 168 valence electrons. The number of esters is 1. The van der Waals surface area contributed by atoms with Crippen molar-refractivity contribution in [1.82, 2.24) is 10.7 Å². The number of methoxy groups -OCH3 is 1. The van der Waals surface area contributed by atoms with Crippen LogP contribution in [0.4, 0.5) is 0 Å². The smallest absolute Gasteiger partial charge is 0.343 e. The molecule has 0 atom stereocenters. The fraction of sp³-hybridized carbons (Fsp3) is 0.120. The molecule has 8 nitrogen and oxygen atoms in total. The van der Waals surface area contributed by atoms with Crippen LogP contribution in [-0.2, 0) is 4.79 Å². The fourth-order valence-corrected chi connectivity index (χ4v) is 2.78. The van der Waals surface area contributed by atoms with Gasteiger partial charge in [-0.1, -0.05) is 17.7 Å². The van der Waals surface area contributed by atoms with Crippen LogP contribution in [0.1, 0.15) is 31.8 Å². The van der Waals surface area contributed by atoms with Crippen molar-refractivity contribution in [3.05, 3.63) is 95.1 Å². The van der Waals surface area contributed by atoms with Crippen LogP contribution in [0.5, 0.6) is 11.5 Å². The first-order chi connectivity index (χ1) is 15.9. The van der Waals surface area contributed by atoms with Crippen LogP contribution in [0.3, 0.4) is 0 Å². The number of carbonyl (C=O) groups is 3. The van der Waals surface area contributed by atoms with Crippen LogP contribution < -0.4 is 20.2 Å². The average molecular weight is 445 g/mol. The van der Waals surface area contributed by atoms with Gasteiger partial charge >= 0.3 is 5.97 Å². The standard InChI is InChI=1S/C25H23N3O5/c1-17-4-3-5-20(14-17)24(30)26-16-23(29)28-27-15-18-6-10-22(11-7-18)33-25(31)19-8-12-21(32-2)13-9-19/h3-15H,16H2,1-2H3,(H,26,30)(H,28,29)/b27-15-. The highest BCUT2D eigenvalue weighted by Crippen LogP contribution is 2.16. The second kappa shape index (κ2) is 11.2. The lowest BCUT2D eigenvalue weighted by Gasteiger charge is -2.06. The van der Waals surface area contributed by atoms with Gasteiger partial charge < -0.3 is 14.8 Å². The molecule has 0 heterocycles. The van der Waals surface area contributed by atoms with E-state index < -0.39 is 11.9 Å². The van der Waals surface area contributed by atoms with Crippen LogP contribution in [0.25, 0.3) is 0 Å². The summed E-state index contributed by atoms with van der Waals surface area (Å²) in [6.07, 6.45) is 1.44. The summed E-state index contributed by atoms with van der Waals surface area (Å²) in [6, 6.07) is 20.3. The molecule has 0 aromatic heterocycles. The molecular formula is C25H23N3O5. The second-order valence-corrected chi connectivity index (χ2v) is 7.03. The number of benzene rings is 3. The zero-order valence-electron chi connectivity index (χ0n) is 18.2. The molecule has 2 N–H and O–H groups in total. The SMILES string of the molecule is COc1ccc(C(=O)Oc2ccc(/C=N\NC(=O)CNC(=O)c3cccc(C)c3)cc2)cc1. The number of hydrogen-bond donors (Lipinski definition) is 2. The molecule has 0 bridgehead atoms. The van der Waals surface area contributed by atoms with Crippen LogP contribution in [0.2, 0.25) is 0 Å². The van der Waals surface area contributed by atoms with E-state index in [0.29, 0.717) is 28.2 Å². The van der Waals surface area contributed by atoms with Gasteiger partial charge in [0.05, 0.1) is 25.4 Å². The van der Waals surface area contributed by atoms with Gasteiger partial charge in [-0.15, -0.1) is 0 Å². The number of rotatable bonds is 8. The maximum Gasteiger partial charge on any atom is 0.343 e. The summed E-state index contributed by atoms with van der Waals surface area (Å²) in [5.74, 6) is -0.263. The molecule has 0 aliphatic carbocycles. The first kappa shape index (κ1) is 23.2. The van der Waals surface area contributed by atoms with Crippen molar-refractivity contribution < 1.29 is 23.9 Å². The van der Waals surface area contributed by atoms with Gasteiger partial charge in [-0.2, -0.15) is 5.10 Å². The molecule has 0 spiro atoms.